The van der Waals surface area contributed by atoms with Crippen LogP contribution in [0.5, 0.6) is 0 Å². The van der Waals surface area contributed by atoms with Gasteiger partial charge in [-0.1, -0.05) is 26.7 Å². The Bertz CT molecular complexity index is 991. The number of carbonyl (C=O) groups is 2. The predicted molar refractivity (Wildman–Crippen MR) is 141 cm³/mol. The molecule has 3 aliphatic rings. The Labute approximate surface area is 216 Å². The quantitative estimate of drug-likeness (QED) is 0.248. The Kier molecular flexibility index (Phi) is 7.69. The van der Waals surface area contributed by atoms with Gasteiger partial charge < -0.3 is 9.47 Å². The first kappa shape index (κ1) is 26.6. The number of rotatable bonds is 8. The first-order valence-corrected chi connectivity index (χ1v) is 15.2. The van der Waals surface area contributed by atoms with Gasteiger partial charge in [0.25, 0.3) is 0 Å². The van der Waals surface area contributed by atoms with Crippen molar-refractivity contribution in [1.82, 2.24) is 0 Å². The second kappa shape index (κ2) is 10.1. The summed E-state index contributed by atoms with van der Waals surface area (Å²) in [5.41, 5.74) is 5.09. The molecule has 1 aromatic heterocycles. The monoisotopic (exact) mass is 520 g/mol. The van der Waals surface area contributed by atoms with Crippen LogP contribution in [0.3, 0.4) is 0 Å². The van der Waals surface area contributed by atoms with E-state index < -0.39 is 44.1 Å². The molecule has 0 amide bonds. The van der Waals surface area contributed by atoms with Gasteiger partial charge in [0.15, 0.2) is 0 Å². The van der Waals surface area contributed by atoms with Crippen molar-refractivity contribution in [2.45, 2.75) is 102 Å². The molecule has 0 aromatic carbocycles. The van der Waals surface area contributed by atoms with Gasteiger partial charge in [-0.2, -0.15) is 0 Å². The lowest BCUT2D eigenvalue weighted by Gasteiger charge is -2.39. The SMILES string of the molecule is CCCCOC(=O)C1C(C(=O)OCCCC)C2(C)C3=C(CCc4c(C)sc(C)c4CC3)C1(C)S2=O. The summed E-state index contributed by atoms with van der Waals surface area (Å²) in [6.07, 6.45) is 6.69. The van der Waals surface area contributed by atoms with Crippen molar-refractivity contribution < 1.29 is 23.3 Å². The van der Waals surface area contributed by atoms with E-state index in [0.29, 0.717) is 13.2 Å². The van der Waals surface area contributed by atoms with Crippen LogP contribution >= 0.6 is 11.3 Å². The molecule has 2 bridgehead atoms. The maximum Gasteiger partial charge on any atom is 0.311 e. The normalized spacial score (nSPS) is 31.5. The smallest absolute Gasteiger partial charge is 0.311 e. The van der Waals surface area contributed by atoms with Crippen LogP contribution in [0.15, 0.2) is 11.1 Å². The molecule has 0 saturated carbocycles. The minimum Gasteiger partial charge on any atom is -0.465 e. The molecule has 194 valence electrons. The van der Waals surface area contributed by atoms with Crippen LogP contribution in [0.25, 0.3) is 0 Å². The Morgan fingerprint density at radius 3 is 1.60 bits per heavy atom. The highest BCUT2D eigenvalue weighted by atomic mass is 32.2. The molecular formula is C28H40O5S2. The maximum atomic E-state index is 14.3. The summed E-state index contributed by atoms with van der Waals surface area (Å²) in [7, 11) is -1.42. The highest BCUT2D eigenvalue weighted by molar-refractivity contribution is 7.89. The van der Waals surface area contributed by atoms with Crippen molar-refractivity contribution in [3.05, 3.63) is 32.0 Å². The van der Waals surface area contributed by atoms with Gasteiger partial charge in [0.2, 0.25) is 0 Å². The average molecular weight is 521 g/mol. The van der Waals surface area contributed by atoms with Gasteiger partial charge in [-0.05, 0) is 88.5 Å². The van der Waals surface area contributed by atoms with Crippen molar-refractivity contribution in [3.63, 3.8) is 0 Å². The fraction of sp³-hybridized carbons (Fsp3) is 0.714. The molecule has 1 fully saturated rings. The third-order valence-electron chi connectivity index (χ3n) is 8.62. The zero-order valence-corrected chi connectivity index (χ0v) is 23.7. The number of ether oxygens (including phenoxy) is 2. The molecule has 1 aromatic rings. The van der Waals surface area contributed by atoms with E-state index in [1.807, 2.05) is 39.0 Å². The van der Waals surface area contributed by atoms with Gasteiger partial charge >= 0.3 is 11.9 Å². The first-order valence-electron chi connectivity index (χ1n) is 13.2. The van der Waals surface area contributed by atoms with Gasteiger partial charge in [0.05, 0.1) is 34.5 Å². The molecule has 1 aliphatic carbocycles. The molecule has 4 unspecified atom stereocenters. The number of carbonyl (C=O) groups excluding carboxylic acids is 2. The molecule has 4 atom stereocenters. The third-order valence-corrected chi connectivity index (χ3v) is 12.3. The molecular weight excluding hydrogens is 480 g/mol. The van der Waals surface area contributed by atoms with Crippen molar-refractivity contribution >= 4 is 34.1 Å². The highest BCUT2D eigenvalue weighted by Crippen LogP contribution is 2.65. The summed E-state index contributed by atoms with van der Waals surface area (Å²) in [6.45, 7) is 13.0. The number of unbranched alkanes of at least 4 members (excludes halogenated alkanes) is 2. The van der Waals surface area contributed by atoms with E-state index in [1.54, 1.807) is 0 Å². The van der Waals surface area contributed by atoms with E-state index in [9.17, 15) is 13.8 Å². The summed E-state index contributed by atoms with van der Waals surface area (Å²) < 4.78 is 23.9. The van der Waals surface area contributed by atoms with Crippen LogP contribution in [0.2, 0.25) is 0 Å². The van der Waals surface area contributed by atoms with E-state index in [0.717, 1.165) is 62.5 Å². The Morgan fingerprint density at radius 2 is 1.23 bits per heavy atom. The number of fused-ring (bicyclic) bond motifs is 5. The zero-order valence-electron chi connectivity index (χ0n) is 22.1. The minimum absolute atomic E-state index is 0.325. The molecule has 2 aliphatic heterocycles. The largest absolute Gasteiger partial charge is 0.465 e. The molecule has 5 nitrogen and oxygen atoms in total. The number of esters is 2. The zero-order chi connectivity index (χ0) is 25.5. The molecule has 4 rings (SSSR count). The first-order chi connectivity index (χ1) is 16.6. The number of aryl methyl sites for hydroxylation is 2. The lowest BCUT2D eigenvalue weighted by Crippen LogP contribution is -2.49. The standard InChI is InChI=1S/C28H40O5S2/c1-7-9-15-32-25(29)23-24(26(30)33-16-10-8-2)28(6)22-14-12-20-18(4)34-17(3)19(20)11-13-21(22)27(23,5)35(28)31/h23-24H,7-16H2,1-6H3. The van der Waals surface area contributed by atoms with Gasteiger partial charge in [-0.3, -0.25) is 13.8 Å². The van der Waals surface area contributed by atoms with Crippen LogP contribution in [0.4, 0.5) is 0 Å². The lowest BCUT2D eigenvalue weighted by molar-refractivity contribution is -0.162. The topological polar surface area (TPSA) is 69.7 Å². The molecule has 35 heavy (non-hydrogen) atoms. The third kappa shape index (κ3) is 4.05. The van der Waals surface area contributed by atoms with E-state index in [1.165, 1.54) is 20.9 Å². The summed E-state index contributed by atoms with van der Waals surface area (Å²) in [6, 6.07) is 0. The van der Waals surface area contributed by atoms with Crippen molar-refractivity contribution in [2.75, 3.05) is 13.2 Å². The van der Waals surface area contributed by atoms with Crippen LogP contribution in [-0.4, -0.2) is 38.9 Å². The summed E-state index contributed by atoms with van der Waals surface area (Å²) in [4.78, 5) is 29.8. The molecule has 1 saturated heterocycles. The van der Waals surface area contributed by atoms with Crippen LogP contribution < -0.4 is 0 Å². The molecule has 0 N–H and O–H groups in total. The Balaban J connectivity index is 1.77. The van der Waals surface area contributed by atoms with E-state index in [4.69, 9.17) is 9.47 Å². The van der Waals surface area contributed by atoms with Crippen molar-refractivity contribution in [2.24, 2.45) is 11.8 Å². The molecule has 7 heteroatoms. The van der Waals surface area contributed by atoms with E-state index in [2.05, 4.69) is 13.8 Å². The Hall–Kier alpha value is -1.47. The second-order valence-electron chi connectivity index (χ2n) is 10.6. The number of thiophene rings is 1. The molecule has 3 heterocycles. The maximum absolute atomic E-state index is 14.3. The van der Waals surface area contributed by atoms with Crippen molar-refractivity contribution in [3.8, 4) is 0 Å². The molecule has 0 radical (unpaired) electrons. The number of hydrogen-bond acceptors (Lipinski definition) is 6. The second-order valence-corrected chi connectivity index (χ2v) is 14.3. The predicted octanol–water partition coefficient (Wildman–Crippen LogP) is 5.75. The van der Waals surface area contributed by atoms with Crippen LogP contribution in [0, 0.1) is 25.7 Å². The Morgan fingerprint density at radius 1 is 0.829 bits per heavy atom. The van der Waals surface area contributed by atoms with Gasteiger partial charge in [-0.25, -0.2) is 0 Å². The summed E-state index contributed by atoms with van der Waals surface area (Å²) in [5.74, 6) is -2.34. The fourth-order valence-corrected chi connectivity index (χ4v) is 10.6. The highest BCUT2D eigenvalue weighted by Gasteiger charge is 2.75. The van der Waals surface area contributed by atoms with Gasteiger partial charge in [-0.15, -0.1) is 11.3 Å². The average Bonchev–Trinajstić information content (AvgIpc) is 3.22. The van der Waals surface area contributed by atoms with Crippen LogP contribution in [0.1, 0.15) is 87.1 Å². The minimum atomic E-state index is -1.42. The van der Waals surface area contributed by atoms with E-state index >= 15 is 0 Å². The summed E-state index contributed by atoms with van der Waals surface area (Å²) >= 11 is 1.85. The van der Waals surface area contributed by atoms with Crippen LogP contribution in [-0.2, 0) is 42.7 Å². The molecule has 0 spiro atoms. The lowest BCUT2D eigenvalue weighted by atomic mass is 9.62. The number of hydrogen-bond donors (Lipinski definition) is 0. The van der Waals surface area contributed by atoms with Gasteiger partial charge in [0.1, 0.15) is 0 Å². The fourth-order valence-electron chi connectivity index (χ4n) is 6.77. The van der Waals surface area contributed by atoms with E-state index in [-0.39, 0.29) is 0 Å². The summed E-state index contributed by atoms with van der Waals surface area (Å²) in [5, 5.41) is 0. The van der Waals surface area contributed by atoms with Crippen molar-refractivity contribution in [1.29, 1.82) is 0 Å². The van der Waals surface area contributed by atoms with Gasteiger partial charge in [0, 0.05) is 20.6 Å².